The number of fused-ring (bicyclic) bond motifs is 2. The Balaban J connectivity index is 1.96. The molecule has 28 heavy (non-hydrogen) atoms. The summed E-state index contributed by atoms with van der Waals surface area (Å²) in [5.41, 5.74) is 0.695. The van der Waals surface area contributed by atoms with E-state index in [9.17, 15) is 9.59 Å². The number of para-hydroxylation sites is 1. The normalized spacial score (nSPS) is 15.5. The van der Waals surface area contributed by atoms with Crippen LogP contribution in [-0.2, 0) is 9.59 Å². The molecule has 0 unspecified atom stereocenters. The lowest BCUT2D eigenvalue weighted by molar-refractivity contribution is -0.120. The van der Waals surface area contributed by atoms with Crippen LogP contribution in [-0.4, -0.2) is 40.8 Å². The van der Waals surface area contributed by atoms with E-state index in [-0.39, 0.29) is 6.61 Å². The predicted molar refractivity (Wildman–Crippen MR) is 103 cm³/mol. The van der Waals surface area contributed by atoms with Gasteiger partial charge in [0.05, 0.1) is 17.1 Å². The summed E-state index contributed by atoms with van der Waals surface area (Å²) < 4.78 is 5.47. The van der Waals surface area contributed by atoms with Crippen LogP contribution in [0, 0.1) is 0 Å². The molecule has 0 spiro atoms. The molecule has 8 heteroatoms. The number of aliphatic imine (C=N–C) groups is 2. The molecule has 4 rings (SSSR count). The summed E-state index contributed by atoms with van der Waals surface area (Å²) in [6, 6.07) is 12.5. The van der Waals surface area contributed by atoms with Gasteiger partial charge in [-0.05, 0) is 30.3 Å². The molecule has 1 aromatic heterocycles. The highest BCUT2D eigenvalue weighted by Gasteiger charge is 2.07. The Morgan fingerprint density at radius 3 is 2.79 bits per heavy atom. The van der Waals surface area contributed by atoms with Crippen LogP contribution in [0.4, 0.5) is 5.82 Å². The van der Waals surface area contributed by atoms with Crippen molar-refractivity contribution in [1.29, 1.82) is 0 Å². The number of hydrogen-bond donors (Lipinski definition) is 0. The van der Waals surface area contributed by atoms with Gasteiger partial charge in [0, 0.05) is 16.8 Å². The summed E-state index contributed by atoms with van der Waals surface area (Å²) in [6.45, 7) is -0.311. The number of carbonyl (C=O) groups excluding carboxylic acids is 2. The van der Waals surface area contributed by atoms with Crippen molar-refractivity contribution in [1.82, 2.24) is 9.97 Å². The quantitative estimate of drug-likeness (QED) is 0.585. The standard InChI is InChI=1S/C20H13N5O3/c26-18-10-22-19(27)11-28-14-5-6-17-15(9-14)20(24-12-23-17)25-16-4-2-1-3-13(16)7-8-21-18/h1-10,12H,11H2/b13-7-,21-8?,22-10?,25-16?. The van der Waals surface area contributed by atoms with Gasteiger partial charge >= 0.3 is 0 Å². The fraction of sp³-hybridized carbons (Fsp3) is 0.0500. The number of amides is 2. The van der Waals surface area contributed by atoms with Crippen molar-refractivity contribution in [3.05, 3.63) is 59.4 Å². The highest BCUT2D eigenvalue weighted by molar-refractivity contribution is 6.30. The van der Waals surface area contributed by atoms with Gasteiger partial charge in [0.1, 0.15) is 12.1 Å². The van der Waals surface area contributed by atoms with E-state index in [1.54, 1.807) is 24.3 Å². The summed E-state index contributed by atoms with van der Waals surface area (Å²) in [7, 11) is 0. The van der Waals surface area contributed by atoms with Gasteiger partial charge in [-0.25, -0.2) is 24.9 Å². The third kappa shape index (κ3) is 3.85. The van der Waals surface area contributed by atoms with Crippen molar-refractivity contribution in [3.8, 4) is 5.75 Å². The van der Waals surface area contributed by atoms with Crippen LogP contribution >= 0.6 is 0 Å². The lowest BCUT2D eigenvalue weighted by Gasteiger charge is -2.06. The van der Waals surface area contributed by atoms with Gasteiger partial charge in [-0.1, -0.05) is 18.2 Å². The first kappa shape index (κ1) is 17.3. The van der Waals surface area contributed by atoms with E-state index < -0.39 is 11.8 Å². The zero-order chi connectivity index (χ0) is 19.3. The molecule has 1 aliphatic heterocycles. The van der Waals surface area contributed by atoms with E-state index in [2.05, 4.69) is 24.9 Å². The maximum absolute atomic E-state index is 11.8. The first-order valence-corrected chi connectivity index (χ1v) is 8.36. The average molecular weight is 371 g/mol. The Hall–Kier alpha value is -4.07. The molecule has 0 radical (unpaired) electrons. The van der Waals surface area contributed by atoms with Crippen molar-refractivity contribution in [3.63, 3.8) is 0 Å². The van der Waals surface area contributed by atoms with Gasteiger partial charge in [-0.15, -0.1) is 0 Å². The summed E-state index contributed by atoms with van der Waals surface area (Å²) in [5, 5.41) is 2.09. The maximum Gasteiger partial charge on any atom is 0.288 e. The molecular weight excluding hydrogens is 358 g/mol. The van der Waals surface area contributed by atoms with Crippen LogP contribution in [0.5, 0.6) is 5.75 Å². The van der Waals surface area contributed by atoms with Crippen molar-refractivity contribution < 1.29 is 14.3 Å². The predicted octanol–water partition coefficient (Wildman–Crippen LogP) is 0.949. The SMILES string of the molecule is O=C1C=NC(=O)COc2ccc3ncnc(c3c2)N=c2cccc/c2=C/C=N1. The van der Waals surface area contributed by atoms with Gasteiger partial charge in [-0.2, -0.15) is 0 Å². The van der Waals surface area contributed by atoms with E-state index >= 15 is 0 Å². The molecule has 0 atom stereocenters. The van der Waals surface area contributed by atoms with E-state index in [1.165, 1.54) is 12.5 Å². The first-order valence-electron chi connectivity index (χ1n) is 8.36. The highest BCUT2D eigenvalue weighted by Crippen LogP contribution is 2.25. The number of ether oxygens (including phenoxy) is 1. The van der Waals surface area contributed by atoms with Crippen LogP contribution in [0.15, 0.2) is 63.8 Å². The molecule has 0 saturated heterocycles. The molecular formula is C20H13N5O3. The molecule has 0 fully saturated rings. The van der Waals surface area contributed by atoms with Gasteiger partial charge in [-0.3, -0.25) is 9.59 Å². The smallest absolute Gasteiger partial charge is 0.288 e. The number of nitrogens with zero attached hydrogens (tertiary/aromatic N) is 5. The number of carbonyl (C=O) groups is 2. The molecule has 136 valence electrons. The van der Waals surface area contributed by atoms with Crippen LogP contribution in [0.1, 0.15) is 0 Å². The van der Waals surface area contributed by atoms with Gasteiger partial charge in [0.25, 0.3) is 11.8 Å². The van der Waals surface area contributed by atoms with E-state index in [1.807, 2.05) is 24.3 Å². The Labute approximate surface area is 158 Å². The minimum absolute atomic E-state index is 0.311. The molecule has 3 aromatic rings. The molecule has 2 amide bonds. The second-order valence-corrected chi connectivity index (χ2v) is 5.77. The highest BCUT2D eigenvalue weighted by atomic mass is 16.5. The van der Waals surface area contributed by atoms with Crippen molar-refractivity contribution in [2.24, 2.45) is 15.0 Å². The van der Waals surface area contributed by atoms with E-state index in [4.69, 9.17) is 4.74 Å². The van der Waals surface area contributed by atoms with Crippen molar-refractivity contribution in [2.75, 3.05) is 6.61 Å². The molecule has 0 N–H and O–H groups in total. The van der Waals surface area contributed by atoms with Crippen molar-refractivity contribution >= 4 is 47.0 Å². The summed E-state index contributed by atoms with van der Waals surface area (Å²) in [6.07, 6.45) is 5.29. The topological polar surface area (TPSA) is 106 Å². The van der Waals surface area contributed by atoms with E-state index in [0.29, 0.717) is 27.8 Å². The van der Waals surface area contributed by atoms with Crippen LogP contribution < -0.4 is 15.3 Å². The number of hydrogen-bond acceptors (Lipinski definition) is 6. The fourth-order valence-electron chi connectivity index (χ4n) is 2.58. The Bertz CT molecular complexity index is 1260. The average Bonchev–Trinajstić information content (AvgIpc) is 2.71. The van der Waals surface area contributed by atoms with Gasteiger partial charge < -0.3 is 4.74 Å². The molecule has 2 aromatic carbocycles. The van der Waals surface area contributed by atoms with Gasteiger partial charge in [0.15, 0.2) is 12.4 Å². The third-order valence-corrected chi connectivity index (χ3v) is 3.89. The Kier molecular flexibility index (Phi) is 4.75. The summed E-state index contributed by atoms with van der Waals surface area (Å²) in [5.74, 6) is -0.343. The largest absolute Gasteiger partial charge is 0.484 e. The zero-order valence-electron chi connectivity index (χ0n) is 14.5. The minimum atomic E-state index is -0.648. The Morgan fingerprint density at radius 2 is 1.86 bits per heavy atom. The zero-order valence-corrected chi connectivity index (χ0v) is 14.5. The van der Waals surface area contributed by atoms with Crippen LogP contribution in [0.2, 0.25) is 0 Å². The van der Waals surface area contributed by atoms with Crippen LogP contribution in [0.3, 0.4) is 0 Å². The monoisotopic (exact) mass is 371 g/mol. The molecule has 1 aliphatic rings. The third-order valence-electron chi connectivity index (χ3n) is 3.89. The van der Waals surface area contributed by atoms with Crippen molar-refractivity contribution in [2.45, 2.75) is 0 Å². The Morgan fingerprint density at radius 1 is 0.964 bits per heavy atom. The maximum atomic E-state index is 11.8. The van der Waals surface area contributed by atoms with E-state index in [0.717, 1.165) is 11.4 Å². The number of aromatic nitrogens is 2. The molecule has 0 aliphatic carbocycles. The summed E-state index contributed by atoms with van der Waals surface area (Å²) in [4.78, 5) is 43.9. The fourth-order valence-corrected chi connectivity index (χ4v) is 2.58. The number of rotatable bonds is 0. The molecule has 0 saturated carbocycles. The van der Waals surface area contributed by atoms with Crippen LogP contribution in [0.25, 0.3) is 17.0 Å². The number of benzene rings is 2. The second-order valence-electron chi connectivity index (χ2n) is 5.77. The molecule has 2 bridgehead atoms. The lowest BCUT2D eigenvalue weighted by Crippen LogP contribution is -2.24. The summed E-state index contributed by atoms with van der Waals surface area (Å²) >= 11 is 0. The second kappa shape index (κ2) is 7.67. The lowest BCUT2D eigenvalue weighted by atomic mass is 10.2. The minimum Gasteiger partial charge on any atom is -0.484 e. The van der Waals surface area contributed by atoms with Gasteiger partial charge in [0.2, 0.25) is 0 Å². The molecule has 2 heterocycles. The molecule has 8 nitrogen and oxygen atoms in total. The first-order chi connectivity index (χ1) is 13.7.